The smallest absolute Gasteiger partial charge is 0.334 e. The van der Waals surface area contributed by atoms with Gasteiger partial charge in [-0.15, -0.1) is 23.1 Å². The third kappa shape index (κ3) is 5.83. The molecule has 206 valence electrons. The summed E-state index contributed by atoms with van der Waals surface area (Å²) < 4.78 is 11.5. The Morgan fingerprint density at radius 3 is 2.17 bits per heavy atom. The van der Waals surface area contributed by atoms with E-state index in [-0.39, 0.29) is 12.3 Å². The Hall–Kier alpha value is -3.89. The van der Waals surface area contributed by atoms with Crippen molar-refractivity contribution in [2.75, 3.05) is 0 Å². The first-order valence-corrected chi connectivity index (χ1v) is 14.6. The molecule has 1 saturated heterocycles. The zero-order valence-corrected chi connectivity index (χ0v) is 23.5. The minimum Gasteiger partial charge on any atom is -0.458 e. The quantitative estimate of drug-likeness (QED) is 0.301. The van der Waals surface area contributed by atoms with E-state index in [9.17, 15) is 19.2 Å². The molecule has 0 saturated carbocycles. The first-order chi connectivity index (χ1) is 19.3. The van der Waals surface area contributed by atoms with Crippen molar-refractivity contribution < 1.29 is 28.7 Å². The molecule has 0 radical (unpaired) electrons. The van der Waals surface area contributed by atoms with E-state index in [1.54, 1.807) is 12.3 Å². The first kappa shape index (κ1) is 27.7. The highest BCUT2D eigenvalue weighted by Gasteiger charge is 2.57. The van der Waals surface area contributed by atoms with Crippen LogP contribution in [0.3, 0.4) is 0 Å². The maximum Gasteiger partial charge on any atom is 0.334 e. The number of nitrogens with one attached hydrogen (secondary N) is 1. The number of ether oxygens (including phenoxy) is 2. The average molecular weight is 577 g/mol. The molecule has 0 aliphatic carbocycles. The van der Waals surface area contributed by atoms with Gasteiger partial charge in [0.1, 0.15) is 17.5 Å². The fraction of sp³-hybridized carbons (Fsp3) is 0.267. The van der Waals surface area contributed by atoms with Crippen LogP contribution in [0.4, 0.5) is 0 Å². The minimum absolute atomic E-state index is 0.171. The van der Waals surface area contributed by atoms with Gasteiger partial charge in [-0.05, 0) is 34.9 Å². The van der Waals surface area contributed by atoms with E-state index in [1.165, 1.54) is 34.9 Å². The van der Waals surface area contributed by atoms with Crippen LogP contribution in [0.2, 0.25) is 0 Å². The lowest BCUT2D eigenvalue weighted by Gasteiger charge is -2.52. The predicted octanol–water partition coefficient (Wildman–Crippen LogP) is 4.23. The van der Waals surface area contributed by atoms with Gasteiger partial charge in [-0.25, -0.2) is 4.79 Å². The van der Waals surface area contributed by atoms with Crippen LogP contribution in [0, 0.1) is 0 Å². The van der Waals surface area contributed by atoms with Crippen molar-refractivity contribution in [3.8, 4) is 0 Å². The lowest BCUT2D eigenvalue weighted by atomic mass is 9.94. The van der Waals surface area contributed by atoms with Gasteiger partial charge in [0.25, 0.3) is 0 Å². The van der Waals surface area contributed by atoms with Crippen LogP contribution >= 0.6 is 23.1 Å². The minimum atomic E-state index is -1.12. The van der Waals surface area contributed by atoms with Gasteiger partial charge in [-0.2, -0.15) is 0 Å². The van der Waals surface area contributed by atoms with E-state index >= 15 is 0 Å². The molecule has 8 nitrogen and oxygen atoms in total. The molecule has 0 spiro atoms. The highest BCUT2D eigenvalue weighted by molar-refractivity contribution is 8.03. The summed E-state index contributed by atoms with van der Waals surface area (Å²) in [5.41, 5.74) is 1.99. The zero-order chi connectivity index (χ0) is 28.2. The Kier molecular flexibility index (Phi) is 8.37. The molecular weight excluding hydrogens is 548 g/mol. The molecular formula is C30H28N2O6S2. The molecule has 1 N–H and O–H groups in total. The molecule has 10 heteroatoms. The maximum atomic E-state index is 13.9. The number of amides is 2. The summed E-state index contributed by atoms with van der Waals surface area (Å²) in [5, 5.41) is 5.95. The lowest BCUT2D eigenvalue weighted by molar-refractivity contribution is -0.166. The second-order valence-electron chi connectivity index (χ2n) is 9.48. The molecule has 3 heterocycles. The number of thiophene rings is 1. The highest BCUT2D eigenvalue weighted by atomic mass is 32.2. The predicted molar refractivity (Wildman–Crippen MR) is 152 cm³/mol. The van der Waals surface area contributed by atoms with Crippen molar-refractivity contribution in [3.63, 3.8) is 0 Å². The Morgan fingerprint density at radius 2 is 1.60 bits per heavy atom. The Labute approximate surface area is 240 Å². The lowest BCUT2D eigenvalue weighted by Crippen LogP contribution is -2.74. The summed E-state index contributed by atoms with van der Waals surface area (Å²) in [7, 11) is 0. The highest BCUT2D eigenvalue weighted by Crippen LogP contribution is 2.42. The topological polar surface area (TPSA) is 102 Å². The maximum absolute atomic E-state index is 13.9. The molecule has 2 aromatic carbocycles. The average Bonchev–Trinajstić information content (AvgIpc) is 3.47. The second kappa shape index (κ2) is 12.1. The van der Waals surface area contributed by atoms with Crippen molar-refractivity contribution in [3.05, 3.63) is 105 Å². The standard InChI is InChI=1S/C30H28N2O6S2/c1-18(37-19(2)33)23-17-40-29-25(31-24(34)16-22-14-9-15-39-22)28(35)32(29)26(23)30(36)38-27(20-10-5-3-6-11-20)21-12-7-4-8-13-21/h3-15,17-18,25-27,29H,16H2,1-2H3,(H,31,34)/t18?,25?,26?,29-/m0/s1. The van der Waals surface area contributed by atoms with E-state index in [4.69, 9.17) is 9.47 Å². The second-order valence-corrected chi connectivity index (χ2v) is 11.5. The number of thioether (sulfide) groups is 1. The number of nitrogens with zero attached hydrogens (tertiary/aromatic N) is 1. The van der Waals surface area contributed by atoms with Crippen molar-refractivity contribution in [2.45, 2.75) is 49.9 Å². The van der Waals surface area contributed by atoms with Crippen LogP contribution in [0.25, 0.3) is 0 Å². The summed E-state index contributed by atoms with van der Waals surface area (Å²) in [5.74, 6) is -1.82. The number of fused-ring (bicyclic) bond motifs is 1. The Bertz CT molecular complexity index is 1370. The zero-order valence-electron chi connectivity index (χ0n) is 21.9. The number of hydrogen-bond donors (Lipinski definition) is 1. The largest absolute Gasteiger partial charge is 0.458 e. The van der Waals surface area contributed by atoms with Gasteiger partial charge in [0.05, 0.1) is 6.42 Å². The van der Waals surface area contributed by atoms with E-state index in [0.717, 1.165) is 16.0 Å². The van der Waals surface area contributed by atoms with Crippen LogP contribution in [0.1, 0.15) is 36.0 Å². The van der Waals surface area contributed by atoms with Gasteiger partial charge in [-0.3, -0.25) is 14.4 Å². The van der Waals surface area contributed by atoms with Crippen LogP contribution in [-0.4, -0.2) is 52.2 Å². The molecule has 1 aromatic heterocycles. The molecule has 2 aliphatic heterocycles. The number of carbonyl (C=O) groups excluding carboxylic acids is 4. The number of esters is 2. The molecule has 2 amide bonds. The third-order valence-corrected chi connectivity index (χ3v) is 8.79. The molecule has 4 atom stereocenters. The fourth-order valence-corrected chi connectivity index (χ4v) is 6.88. The molecule has 1 fully saturated rings. The first-order valence-electron chi connectivity index (χ1n) is 12.8. The van der Waals surface area contributed by atoms with Crippen LogP contribution in [0.5, 0.6) is 0 Å². The van der Waals surface area contributed by atoms with Gasteiger partial charge in [0.2, 0.25) is 11.8 Å². The number of rotatable bonds is 9. The SMILES string of the molecule is CC(=O)OC(C)C1=CS[C@H]2C(NC(=O)Cc3cccs3)C(=O)N2C1C(=O)OC(c1ccccc1)c1ccccc1. The van der Waals surface area contributed by atoms with Crippen LogP contribution < -0.4 is 5.32 Å². The van der Waals surface area contributed by atoms with Gasteiger partial charge in [0.15, 0.2) is 12.1 Å². The number of β-lactam (4-membered cyclic amide) rings is 1. The molecule has 5 rings (SSSR count). The van der Waals surface area contributed by atoms with Crippen molar-refractivity contribution >= 4 is 46.9 Å². The molecule has 40 heavy (non-hydrogen) atoms. The summed E-state index contributed by atoms with van der Waals surface area (Å²) in [6.07, 6.45) is -1.31. The summed E-state index contributed by atoms with van der Waals surface area (Å²) in [6, 6.07) is 20.5. The van der Waals surface area contributed by atoms with E-state index < -0.39 is 47.5 Å². The monoisotopic (exact) mass is 576 g/mol. The van der Waals surface area contributed by atoms with E-state index in [2.05, 4.69) is 5.32 Å². The number of carbonyl (C=O) groups is 4. The molecule has 3 aromatic rings. The molecule has 2 aliphatic rings. The van der Waals surface area contributed by atoms with Gasteiger partial charge < -0.3 is 19.7 Å². The number of hydrogen-bond acceptors (Lipinski definition) is 8. The van der Waals surface area contributed by atoms with Crippen LogP contribution in [0.15, 0.2) is 89.2 Å². The Balaban J connectivity index is 1.41. The normalized spacial score (nSPS) is 20.6. The third-order valence-electron chi connectivity index (χ3n) is 6.72. The van der Waals surface area contributed by atoms with Gasteiger partial charge in [-0.1, -0.05) is 66.7 Å². The fourth-order valence-electron chi connectivity index (χ4n) is 4.86. The Morgan fingerprint density at radius 1 is 0.950 bits per heavy atom. The van der Waals surface area contributed by atoms with E-state index in [0.29, 0.717) is 5.57 Å². The van der Waals surface area contributed by atoms with Crippen LogP contribution in [-0.2, 0) is 35.1 Å². The van der Waals surface area contributed by atoms with E-state index in [1.807, 2.05) is 78.2 Å². The molecule has 0 bridgehead atoms. The summed E-state index contributed by atoms with van der Waals surface area (Å²) >= 11 is 2.77. The van der Waals surface area contributed by atoms with Crippen molar-refractivity contribution in [2.24, 2.45) is 0 Å². The van der Waals surface area contributed by atoms with Gasteiger partial charge in [0, 0.05) is 17.4 Å². The van der Waals surface area contributed by atoms with Gasteiger partial charge >= 0.3 is 11.9 Å². The summed E-state index contributed by atoms with van der Waals surface area (Å²) in [6.45, 7) is 2.95. The van der Waals surface area contributed by atoms with Crippen molar-refractivity contribution in [1.82, 2.24) is 10.2 Å². The number of benzene rings is 2. The molecule has 3 unspecified atom stereocenters. The van der Waals surface area contributed by atoms with Crippen molar-refractivity contribution in [1.29, 1.82) is 0 Å². The summed E-state index contributed by atoms with van der Waals surface area (Å²) in [4.78, 5) is 54.1.